The van der Waals surface area contributed by atoms with E-state index in [1.54, 1.807) is 16.8 Å². The van der Waals surface area contributed by atoms with Crippen molar-refractivity contribution in [1.82, 2.24) is 14.6 Å². The molecule has 3 heterocycles. The third-order valence-electron chi connectivity index (χ3n) is 2.40. The molecule has 0 unspecified atom stereocenters. The van der Waals surface area contributed by atoms with Gasteiger partial charge in [0.25, 0.3) is 0 Å². The second-order valence-corrected chi connectivity index (χ2v) is 5.39. The zero-order chi connectivity index (χ0) is 12.7. The van der Waals surface area contributed by atoms with Crippen LogP contribution in [-0.2, 0) is 0 Å². The Hall–Kier alpha value is -1.73. The highest BCUT2D eigenvalue weighted by Crippen LogP contribution is 2.30. The highest BCUT2D eigenvalue weighted by Gasteiger charge is 2.13. The van der Waals surface area contributed by atoms with Crippen molar-refractivity contribution in [1.29, 1.82) is 0 Å². The first-order valence-corrected chi connectivity index (χ1v) is 6.65. The van der Waals surface area contributed by atoms with Crippen molar-refractivity contribution in [3.8, 4) is 10.6 Å². The predicted octanol–water partition coefficient (Wildman–Crippen LogP) is 2.92. The monoisotopic (exact) mass is 323 g/mol. The van der Waals surface area contributed by atoms with E-state index in [1.807, 2.05) is 11.4 Å². The first-order valence-electron chi connectivity index (χ1n) is 4.97. The molecule has 90 valence electrons. The minimum Gasteiger partial charge on any atom is -0.477 e. The number of aromatic carboxylic acids is 1. The summed E-state index contributed by atoms with van der Waals surface area (Å²) in [6.07, 6.45) is 1.60. The molecule has 1 N–H and O–H groups in total. The van der Waals surface area contributed by atoms with Crippen molar-refractivity contribution in [3.05, 3.63) is 39.9 Å². The summed E-state index contributed by atoms with van der Waals surface area (Å²) in [7, 11) is 0. The fourth-order valence-electron chi connectivity index (χ4n) is 1.65. The topological polar surface area (TPSA) is 67.5 Å². The second-order valence-electron chi connectivity index (χ2n) is 3.56. The van der Waals surface area contributed by atoms with E-state index >= 15 is 0 Å². The predicted molar refractivity (Wildman–Crippen MR) is 71.0 cm³/mol. The molecular formula is C11H6BrN3O2S. The highest BCUT2D eigenvalue weighted by atomic mass is 79.9. The summed E-state index contributed by atoms with van der Waals surface area (Å²) in [6.45, 7) is 0. The van der Waals surface area contributed by atoms with Crippen LogP contribution >= 0.6 is 27.3 Å². The van der Waals surface area contributed by atoms with Crippen LogP contribution in [0.15, 0.2) is 34.2 Å². The minimum absolute atomic E-state index is 0.0162. The normalized spacial score (nSPS) is 10.9. The molecule has 0 amide bonds. The number of aromatic nitrogens is 3. The van der Waals surface area contributed by atoms with Crippen molar-refractivity contribution < 1.29 is 9.90 Å². The van der Waals surface area contributed by atoms with Crippen LogP contribution in [0.2, 0.25) is 0 Å². The van der Waals surface area contributed by atoms with E-state index in [9.17, 15) is 4.79 Å². The Balaban J connectivity index is 2.32. The van der Waals surface area contributed by atoms with Crippen LogP contribution in [0.4, 0.5) is 0 Å². The van der Waals surface area contributed by atoms with E-state index in [0.29, 0.717) is 5.65 Å². The van der Waals surface area contributed by atoms with E-state index in [-0.39, 0.29) is 5.69 Å². The maximum Gasteiger partial charge on any atom is 0.354 e. The summed E-state index contributed by atoms with van der Waals surface area (Å²) in [5.41, 5.74) is 1.26. The van der Waals surface area contributed by atoms with Crippen molar-refractivity contribution in [2.45, 2.75) is 0 Å². The molecule has 0 fully saturated rings. The standard InChI is InChI=1S/C11H6BrN3O2S/c12-6-3-9(18-5-6)8-4-7(11(16)17)14-10-1-2-13-15(8)10/h1-5H,(H,16,17). The van der Waals surface area contributed by atoms with Gasteiger partial charge in [0, 0.05) is 15.9 Å². The maximum atomic E-state index is 11.1. The van der Waals surface area contributed by atoms with Crippen LogP contribution < -0.4 is 0 Å². The lowest BCUT2D eigenvalue weighted by Gasteiger charge is -2.03. The molecule has 7 heteroatoms. The third-order valence-corrected chi connectivity index (χ3v) is 4.11. The van der Waals surface area contributed by atoms with E-state index < -0.39 is 5.97 Å². The molecule has 5 nitrogen and oxygen atoms in total. The molecule has 3 rings (SSSR count). The number of hydrogen-bond donors (Lipinski definition) is 1. The Morgan fingerprint density at radius 1 is 1.44 bits per heavy atom. The Morgan fingerprint density at radius 3 is 2.94 bits per heavy atom. The van der Waals surface area contributed by atoms with Gasteiger partial charge in [-0.05, 0) is 28.1 Å². The fraction of sp³-hybridized carbons (Fsp3) is 0. The van der Waals surface area contributed by atoms with Gasteiger partial charge in [-0.1, -0.05) is 0 Å². The Morgan fingerprint density at radius 2 is 2.28 bits per heavy atom. The minimum atomic E-state index is -1.05. The van der Waals surface area contributed by atoms with Crippen LogP contribution in [0, 0.1) is 0 Å². The van der Waals surface area contributed by atoms with Gasteiger partial charge in [0.2, 0.25) is 0 Å². The number of carbonyl (C=O) groups is 1. The molecule has 0 atom stereocenters. The van der Waals surface area contributed by atoms with Gasteiger partial charge < -0.3 is 5.11 Å². The summed E-state index contributed by atoms with van der Waals surface area (Å²) in [6, 6.07) is 5.13. The number of nitrogens with zero attached hydrogens (tertiary/aromatic N) is 3. The van der Waals surface area contributed by atoms with Gasteiger partial charge in [-0.25, -0.2) is 14.3 Å². The van der Waals surface area contributed by atoms with Gasteiger partial charge in [0.15, 0.2) is 11.3 Å². The molecule has 3 aromatic rings. The molecule has 0 bridgehead atoms. The van der Waals surface area contributed by atoms with Crippen LogP contribution in [0.5, 0.6) is 0 Å². The van der Waals surface area contributed by atoms with E-state index in [2.05, 4.69) is 26.0 Å². The number of carboxylic acid groups (broad SMARTS) is 1. The van der Waals surface area contributed by atoms with Gasteiger partial charge in [0.1, 0.15) is 0 Å². The summed E-state index contributed by atoms with van der Waals surface area (Å²) >= 11 is 4.89. The van der Waals surface area contributed by atoms with E-state index in [4.69, 9.17) is 5.11 Å². The van der Waals surface area contributed by atoms with Gasteiger partial charge in [-0.2, -0.15) is 5.10 Å². The molecule has 0 saturated heterocycles. The van der Waals surface area contributed by atoms with Crippen molar-refractivity contribution in [2.75, 3.05) is 0 Å². The molecule has 0 radical (unpaired) electrons. The Kier molecular flexibility index (Phi) is 2.64. The lowest BCUT2D eigenvalue weighted by atomic mass is 10.3. The number of rotatable bonds is 2. The number of fused-ring (bicyclic) bond motifs is 1. The van der Waals surface area contributed by atoms with Gasteiger partial charge in [-0.3, -0.25) is 0 Å². The van der Waals surface area contributed by atoms with Crippen LogP contribution in [0.25, 0.3) is 16.2 Å². The summed E-state index contributed by atoms with van der Waals surface area (Å²) < 4.78 is 2.58. The summed E-state index contributed by atoms with van der Waals surface area (Å²) in [5, 5.41) is 15.2. The lowest BCUT2D eigenvalue weighted by Crippen LogP contribution is -2.04. The molecule has 0 aliphatic carbocycles. The fourth-order valence-corrected chi connectivity index (χ4v) is 3.07. The first kappa shape index (κ1) is 11.4. The zero-order valence-electron chi connectivity index (χ0n) is 8.87. The average Bonchev–Trinajstić information content (AvgIpc) is 2.95. The molecule has 0 aliphatic rings. The average molecular weight is 324 g/mol. The molecule has 3 aromatic heterocycles. The molecule has 0 spiro atoms. The number of carboxylic acids is 1. The lowest BCUT2D eigenvalue weighted by molar-refractivity contribution is 0.0690. The SMILES string of the molecule is O=C(O)c1cc(-c2cc(Br)cs2)n2nccc2n1. The third kappa shape index (κ3) is 1.81. The summed E-state index contributed by atoms with van der Waals surface area (Å²) in [4.78, 5) is 16.0. The zero-order valence-corrected chi connectivity index (χ0v) is 11.3. The first-order chi connectivity index (χ1) is 8.65. The Bertz CT molecular complexity index is 750. The maximum absolute atomic E-state index is 11.1. The van der Waals surface area contributed by atoms with Crippen LogP contribution in [-0.4, -0.2) is 25.7 Å². The van der Waals surface area contributed by atoms with Gasteiger partial charge in [-0.15, -0.1) is 11.3 Å². The second kappa shape index (κ2) is 4.18. The number of halogens is 1. The highest BCUT2D eigenvalue weighted by molar-refractivity contribution is 9.10. The van der Waals surface area contributed by atoms with Crippen molar-refractivity contribution >= 4 is 38.9 Å². The van der Waals surface area contributed by atoms with Gasteiger partial charge >= 0.3 is 5.97 Å². The van der Waals surface area contributed by atoms with E-state index in [0.717, 1.165) is 15.0 Å². The Labute approximate surface area is 114 Å². The number of hydrogen-bond acceptors (Lipinski definition) is 4. The molecule has 0 aromatic carbocycles. The largest absolute Gasteiger partial charge is 0.477 e. The number of thiophene rings is 1. The molecular weight excluding hydrogens is 318 g/mol. The van der Waals surface area contributed by atoms with Crippen LogP contribution in [0.3, 0.4) is 0 Å². The van der Waals surface area contributed by atoms with Crippen molar-refractivity contribution in [3.63, 3.8) is 0 Å². The van der Waals surface area contributed by atoms with E-state index in [1.165, 1.54) is 17.4 Å². The van der Waals surface area contributed by atoms with Crippen LogP contribution in [0.1, 0.15) is 10.5 Å². The molecule has 0 saturated carbocycles. The van der Waals surface area contributed by atoms with Gasteiger partial charge in [0.05, 0.1) is 16.8 Å². The smallest absolute Gasteiger partial charge is 0.354 e. The van der Waals surface area contributed by atoms with Crippen molar-refractivity contribution in [2.24, 2.45) is 0 Å². The molecule has 0 aliphatic heterocycles. The quantitative estimate of drug-likeness (QED) is 0.787. The molecule has 18 heavy (non-hydrogen) atoms. The summed E-state index contributed by atoms with van der Waals surface area (Å²) in [5.74, 6) is -1.05.